The molecule has 1 aliphatic carbocycles. The van der Waals surface area contributed by atoms with Crippen molar-refractivity contribution in [3.63, 3.8) is 0 Å². The number of rotatable bonds is 2. The number of ketones is 1. The summed E-state index contributed by atoms with van der Waals surface area (Å²) in [6, 6.07) is 5.49. The minimum absolute atomic E-state index is 0.175. The maximum absolute atomic E-state index is 12.0. The number of aliphatic hydroxyl groups excluding tert-OH is 1. The molecule has 1 saturated heterocycles. The van der Waals surface area contributed by atoms with Gasteiger partial charge in [0, 0.05) is 17.7 Å². The highest BCUT2D eigenvalue weighted by atomic mass is 16.6. The summed E-state index contributed by atoms with van der Waals surface area (Å²) in [4.78, 5) is 25.2. The lowest BCUT2D eigenvalue weighted by Gasteiger charge is -2.15. The second-order valence-electron chi connectivity index (χ2n) is 5.27. The minimum Gasteiger partial charge on any atom is -0.441 e. The van der Waals surface area contributed by atoms with Gasteiger partial charge in [-0.25, -0.2) is 4.79 Å². The number of carbonyl (C=O) groups is 2. The molecule has 1 heterocycles. The predicted octanol–water partition coefficient (Wildman–Crippen LogP) is 1.91. The summed E-state index contributed by atoms with van der Waals surface area (Å²) in [6.45, 7) is 0.174. The molecular formula is C15H17NO4. The SMILES string of the molecule is O=C1CCCCc2cc(N3CC(CO)OC3=O)ccc21. The van der Waals surface area contributed by atoms with Gasteiger partial charge in [-0.2, -0.15) is 0 Å². The number of Topliss-reactive ketones (excluding diaryl/α,β-unsaturated/α-hetero) is 1. The van der Waals surface area contributed by atoms with Crippen LogP contribution in [0.25, 0.3) is 0 Å². The molecule has 0 bridgehead atoms. The summed E-state index contributed by atoms with van der Waals surface area (Å²) in [7, 11) is 0. The van der Waals surface area contributed by atoms with Gasteiger partial charge in [0.25, 0.3) is 0 Å². The molecule has 1 aromatic carbocycles. The topological polar surface area (TPSA) is 66.8 Å². The second-order valence-corrected chi connectivity index (χ2v) is 5.27. The molecule has 0 radical (unpaired) electrons. The quantitative estimate of drug-likeness (QED) is 0.837. The van der Waals surface area contributed by atoms with Crippen molar-refractivity contribution >= 4 is 17.6 Å². The van der Waals surface area contributed by atoms with Crippen molar-refractivity contribution in [1.82, 2.24) is 0 Å². The number of hydrogen-bond donors (Lipinski definition) is 1. The van der Waals surface area contributed by atoms with Crippen molar-refractivity contribution in [3.8, 4) is 0 Å². The molecule has 20 heavy (non-hydrogen) atoms. The first-order valence-corrected chi connectivity index (χ1v) is 6.94. The number of amides is 1. The smallest absolute Gasteiger partial charge is 0.414 e. The van der Waals surface area contributed by atoms with Crippen LogP contribution >= 0.6 is 0 Å². The van der Waals surface area contributed by atoms with Gasteiger partial charge in [0.05, 0.1) is 13.2 Å². The van der Waals surface area contributed by atoms with E-state index in [4.69, 9.17) is 9.84 Å². The Labute approximate surface area is 117 Å². The monoisotopic (exact) mass is 275 g/mol. The average Bonchev–Trinajstić information content (AvgIpc) is 2.74. The predicted molar refractivity (Wildman–Crippen MR) is 73.0 cm³/mol. The van der Waals surface area contributed by atoms with Crippen LogP contribution in [0.3, 0.4) is 0 Å². The molecule has 1 aliphatic heterocycles. The van der Waals surface area contributed by atoms with Crippen molar-refractivity contribution in [1.29, 1.82) is 0 Å². The van der Waals surface area contributed by atoms with Crippen LogP contribution in [0, 0.1) is 0 Å². The molecule has 106 valence electrons. The van der Waals surface area contributed by atoms with E-state index in [1.54, 1.807) is 12.1 Å². The summed E-state index contributed by atoms with van der Waals surface area (Å²) in [5, 5.41) is 9.06. The lowest BCUT2D eigenvalue weighted by atomic mass is 10.0. The lowest BCUT2D eigenvalue weighted by Crippen LogP contribution is -2.25. The number of anilines is 1. The molecule has 1 fully saturated rings. The lowest BCUT2D eigenvalue weighted by molar-refractivity contribution is 0.0962. The third-order valence-electron chi connectivity index (χ3n) is 3.88. The van der Waals surface area contributed by atoms with E-state index in [0.717, 1.165) is 36.1 Å². The van der Waals surface area contributed by atoms with Crippen LogP contribution in [0.4, 0.5) is 10.5 Å². The van der Waals surface area contributed by atoms with Crippen LogP contribution in [-0.2, 0) is 11.2 Å². The Morgan fingerprint density at radius 1 is 1.25 bits per heavy atom. The first-order chi connectivity index (χ1) is 9.69. The number of fused-ring (bicyclic) bond motifs is 1. The van der Waals surface area contributed by atoms with Crippen LogP contribution in [0.1, 0.15) is 35.2 Å². The molecule has 1 atom stereocenters. The van der Waals surface area contributed by atoms with E-state index in [1.165, 1.54) is 4.90 Å². The van der Waals surface area contributed by atoms with Gasteiger partial charge < -0.3 is 9.84 Å². The first-order valence-electron chi connectivity index (χ1n) is 6.94. The molecule has 0 spiro atoms. The van der Waals surface area contributed by atoms with Gasteiger partial charge in [-0.1, -0.05) is 0 Å². The van der Waals surface area contributed by atoms with E-state index >= 15 is 0 Å². The first kappa shape index (κ1) is 13.1. The number of aryl methyl sites for hydroxylation is 1. The highest BCUT2D eigenvalue weighted by molar-refractivity contribution is 5.99. The van der Waals surface area contributed by atoms with E-state index < -0.39 is 12.2 Å². The summed E-state index contributed by atoms with van der Waals surface area (Å²) >= 11 is 0. The molecule has 0 saturated carbocycles. The van der Waals surface area contributed by atoms with Crippen LogP contribution < -0.4 is 4.90 Å². The van der Waals surface area contributed by atoms with Crippen molar-refractivity contribution in [2.24, 2.45) is 0 Å². The summed E-state index contributed by atoms with van der Waals surface area (Å²) in [6.07, 6.45) is 2.46. The van der Waals surface area contributed by atoms with E-state index in [2.05, 4.69) is 0 Å². The second kappa shape index (κ2) is 5.25. The van der Waals surface area contributed by atoms with Crippen LogP contribution in [0.15, 0.2) is 18.2 Å². The normalized spacial score (nSPS) is 22.4. The molecule has 1 unspecified atom stereocenters. The molecular weight excluding hydrogens is 258 g/mol. The van der Waals surface area contributed by atoms with Gasteiger partial charge in [0.2, 0.25) is 0 Å². The Morgan fingerprint density at radius 3 is 2.80 bits per heavy atom. The number of aliphatic hydroxyl groups is 1. The molecule has 5 heteroatoms. The van der Waals surface area contributed by atoms with Gasteiger partial charge in [-0.3, -0.25) is 9.69 Å². The molecule has 1 N–H and O–H groups in total. The summed E-state index contributed by atoms with van der Waals surface area (Å²) in [5.41, 5.74) is 2.52. The van der Waals surface area contributed by atoms with E-state index in [9.17, 15) is 9.59 Å². The van der Waals surface area contributed by atoms with Crippen LogP contribution in [0.2, 0.25) is 0 Å². The highest BCUT2D eigenvalue weighted by Gasteiger charge is 2.32. The maximum atomic E-state index is 12.0. The number of carbonyl (C=O) groups excluding carboxylic acids is 2. The Bertz CT molecular complexity index is 555. The largest absolute Gasteiger partial charge is 0.441 e. The van der Waals surface area contributed by atoms with E-state index in [1.807, 2.05) is 6.07 Å². The van der Waals surface area contributed by atoms with E-state index in [-0.39, 0.29) is 12.4 Å². The minimum atomic E-state index is -0.469. The molecule has 0 aromatic heterocycles. The number of ether oxygens (including phenoxy) is 1. The molecule has 3 rings (SSSR count). The fraction of sp³-hybridized carbons (Fsp3) is 0.467. The fourth-order valence-corrected chi connectivity index (χ4v) is 2.79. The number of nitrogens with zero attached hydrogens (tertiary/aromatic N) is 1. The zero-order valence-corrected chi connectivity index (χ0v) is 11.2. The van der Waals surface area contributed by atoms with Crippen LogP contribution in [0.5, 0.6) is 0 Å². The molecule has 2 aliphatic rings. The number of cyclic esters (lactones) is 1. The molecule has 1 amide bonds. The van der Waals surface area contributed by atoms with Gasteiger partial charge in [0.15, 0.2) is 5.78 Å². The van der Waals surface area contributed by atoms with Crippen molar-refractivity contribution in [3.05, 3.63) is 29.3 Å². The number of hydrogen-bond acceptors (Lipinski definition) is 4. The average molecular weight is 275 g/mol. The third-order valence-corrected chi connectivity index (χ3v) is 3.88. The highest BCUT2D eigenvalue weighted by Crippen LogP contribution is 2.28. The Balaban J connectivity index is 1.91. The van der Waals surface area contributed by atoms with Gasteiger partial charge in [0.1, 0.15) is 6.10 Å². The van der Waals surface area contributed by atoms with Crippen LogP contribution in [-0.4, -0.2) is 36.2 Å². The summed E-state index contributed by atoms with van der Waals surface area (Å²) < 4.78 is 5.04. The van der Waals surface area contributed by atoms with Gasteiger partial charge >= 0.3 is 6.09 Å². The maximum Gasteiger partial charge on any atom is 0.414 e. The standard InChI is InChI=1S/C15H17NO4/c17-9-12-8-16(15(19)20-12)11-5-6-13-10(7-11)3-1-2-4-14(13)18/h5-7,12,17H,1-4,8-9H2. The van der Waals surface area contributed by atoms with Crippen molar-refractivity contribution < 1.29 is 19.4 Å². The zero-order valence-electron chi connectivity index (χ0n) is 11.2. The van der Waals surface area contributed by atoms with Crippen molar-refractivity contribution in [2.75, 3.05) is 18.1 Å². The van der Waals surface area contributed by atoms with Gasteiger partial charge in [-0.05, 0) is 43.0 Å². The Morgan fingerprint density at radius 2 is 2.05 bits per heavy atom. The van der Waals surface area contributed by atoms with Crippen molar-refractivity contribution in [2.45, 2.75) is 31.8 Å². The van der Waals surface area contributed by atoms with Gasteiger partial charge in [-0.15, -0.1) is 0 Å². The third kappa shape index (κ3) is 2.29. The van der Waals surface area contributed by atoms with E-state index in [0.29, 0.717) is 13.0 Å². The zero-order chi connectivity index (χ0) is 14.1. The number of benzene rings is 1. The Kier molecular flexibility index (Phi) is 3.44. The summed E-state index contributed by atoms with van der Waals surface area (Å²) in [5.74, 6) is 0.182. The molecule has 1 aromatic rings. The molecule has 5 nitrogen and oxygen atoms in total. The Hall–Kier alpha value is -1.88. The fourth-order valence-electron chi connectivity index (χ4n) is 2.79.